The van der Waals surface area contributed by atoms with Gasteiger partial charge in [-0.05, 0) is 36.8 Å². The molecule has 0 radical (unpaired) electrons. The van der Waals surface area contributed by atoms with Gasteiger partial charge in [-0.15, -0.1) is 0 Å². The summed E-state index contributed by atoms with van der Waals surface area (Å²) in [5.74, 6) is 0.0342. The van der Waals surface area contributed by atoms with E-state index in [2.05, 4.69) is 14.7 Å². The minimum atomic E-state index is -3.68. The molecule has 0 saturated carbocycles. The second kappa shape index (κ2) is 4.61. The third-order valence-corrected chi connectivity index (χ3v) is 3.67. The minimum absolute atomic E-state index is 0.0342. The molecule has 1 heterocycles. The Morgan fingerprint density at radius 3 is 2.50 bits per heavy atom. The molecule has 1 aromatic heterocycles. The molecular weight excluding hydrogens is 252 g/mol. The molecule has 0 fully saturated rings. The third kappa shape index (κ3) is 2.57. The fourth-order valence-corrected chi connectivity index (χ4v) is 2.39. The van der Waals surface area contributed by atoms with Crippen LogP contribution in [0.15, 0.2) is 41.6 Å². The van der Waals surface area contributed by atoms with Crippen molar-refractivity contribution in [3.63, 3.8) is 0 Å². The Balaban J connectivity index is 2.34. The summed E-state index contributed by atoms with van der Waals surface area (Å²) >= 11 is 0. The highest BCUT2D eigenvalue weighted by atomic mass is 32.2. The molecule has 0 aliphatic carbocycles. The number of anilines is 2. The Kier molecular flexibility index (Phi) is 3.15. The molecule has 1 aromatic carbocycles. The number of aryl methyl sites for hydroxylation is 1. The van der Waals surface area contributed by atoms with E-state index >= 15 is 0 Å². The maximum Gasteiger partial charge on any atom is 0.264 e. The summed E-state index contributed by atoms with van der Waals surface area (Å²) in [6.45, 7) is 1.74. The van der Waals surface area contributed by atoms with Crippen LogP contribution in [-0.4, -0.2) is 18.4 Å². The predicted molar refractivity (Wildman–Crippen MR) is 68.4 cm³/mol. The zero-order valence-electron chi connectivity index (χ0n) is 9.66. The average molecular weight is 264 g/mol. The highest BCUT2D eigenvalue weighted by Gasteiger charge is 2.15. The van der Waals surface area contributed by atoms with E-state index in [0.717, 1.165) is 0 Å². The van der Waals surface area contributed by atoms with Crippen LogP contribution in [0.1, 0.15) is 5.56 Å². The molecule has 0 saturated heterocycles. The normalized spacial score (nSPS) is 11.2. The number of nitrogens with one attached hydrogen (secondary N) is 1. The van der Waals surface area contributed by atoms with Crippen molar-refractivity contribution in [1.82, 2.24) is 9.97 Å². The summed E-state index contributed by atoms with van der Waals surface area (Å²) in [6, 6.07) is 6.09. The van der Waals surface area contributed by atoms with Gasteiger partial charge in [-0.25, -0.2) is 23.1 Å². The highest BCUT2D eigenvalue weighted by Crippen LogP contribution is 2.18. The van der Waals surface area contributed by atoms with E-state index in [0.29, 0.717) is 11.3 Å². The van der Waals surface area contributed by atoms with Crippen molar-refractivity contribution in [2.45, 2.75) is 11.8 Å². The van der Waals surface area contributed by atoms with E-state index in [-0.39, 0.29) is 10.8 Å². The second-order valence-corrected chi connectivity index (χ2v) is 5.38. The third-order valence-electron chi connectivity index (χ3n) is 2.34. The average Bonchev–Trinajstić information content (AvgIpc) is 2.33. The molecule has 2 rings (SSSR count). The van der Waals surface area contributed by atoms with Crippen molar-refractivity contribution < 1.29 is 8.42 Å². The summed E-state index contributed by atoms with van der Waals surface area (Å²) < 4.78 is 26.4. The van der Waals surface area contributed by atoms with Gasteiger partial charge in [0, 0.05) is 18.1 Å². The number of rotatable bonds is 3. The van der Waals surface area contributed by atoms with Crippen LogP contribution < -0.4 is 10.5 Å². The number of nitrogens with zero attached hydrogens (tertiary/aromatic N) is 2. The van der Waals surface area contributed by atoms with Crippen LogP contribution in [0.5, 0.6) is 0 Å². The molecular formula is C11H12N4O2S. The lowest BCUT2D eigenvalue weighted by Gasteiger charge is -2.07. The molecule has 0 spiro atoms. The van der Waals surface area contributed by atoms with Gasteiger partial charge in [0.15, 0.2) is 0 Å². The number of hydrogen-bond acceptors (Lipinski definition) is 5. The minimum Gasteiger partial charge on any atom is -0.399 e. The first kappa shape index (κ1) is 12.3. The quantitative estimate of drug-likeness (QED) is 0.811. The lowest BCUT2D eigenvalue weighted by Crippen LogP contribution is -2.15. The number of nitrogens with two attached hydrogens (primary N) is 1. The van der Waals surface area contributed by atoms with E-state index in [1.807, 2.05) is 0 Å². The molecule has 3 N–H and O–H groups in total. The summed E-state index contributed by atoms with van der Waals surface area (Å²) in [6.07, 6.45) is 2.91. The van der Waals surface area contributed by atoms with Gasteiger partial charge in [0.05, 0.1) is 4.90 Å². The Labute approximate surface area is 105 Å². The van der Waals surface area contributed by atoms with E-state index in [1.54, 1.807) is 19.1 Å². The van der Waals surface area contributed by atoms with E-state index in [9.17, 15) is 8.42 Å². The fraction of sp³-hybridized carbons (Fsp3) is 0.0909. The Bertz CT molecular complexity index is 656. The molecule has 94 valence electrons. The smallest absolute Gasteiger partial charge is 0.264 e. The van der Waals surface area contributed by atoms with Gasteiger partial charge in [-0.3, -0.25) is 0 Å². The number of nitrogen functional groups attached to an aromatic ring is 1. The number of sulfonamides is 1. The number of aromatic nitrogens is 2. The van der Waals surface area contributed by atoms with Crippen molar-refractivity contribution in [2.24, 2.45) is 0 Å². The first-order valence-corrected chi connectivity index (χ1v) is 6.63. The lowest BCUT2D eigenvalue weighted by molar-refractivity contribution is 0.600. The van der Waals surface area contributed by atoms with Gasteiger partial charge < -0.3 is 5.73 Å². The first-order chi connectivity index (χ1) is 8.49. The van der Waals surface area contributed by atoms with Gasteiger partial charge in [-0.2, -0.15) is 0 Å². The van der Waals surface area contributed by atoms with Crippen molar-refractivity contribution in [3.8, 4) is 0 Å². The standard InChI is InChI=1S/C11H12N4O2S/c1-8-7-9(3-4-10(8)12)18(16,17)15-11-13-5-2-6-14-11/h2-7H,12H2,1H3,(H,13,14,15). The molecule has 2 aromatic rings. The van der Waals surface area contributed by atoms with Crippen molar-refractivity contribution in [2.75, 3.05) is 10.5 Å². The van der Waals surface area contributed by atoms with E-state index in [4.69, 9.17) is 5.73 Å². The van der Waals surface area contributed by atoms with Gasteiger partial charge in [0.25, 0.3) is 10.0 Å². The maximum absolute atomic E-state index is 12.0. The summed E-state index contributed by atoms with van der Waals surface area (Å²) in [4.78, 5) is 7.73. The van der Waals surface area contributed by atoms with Gasteiger partial charge in [0.2, 0.25) is 5.95 Å². The molecule has 7 heteroatoms. The van der Waals surface area contributed by atoms with Crippen molar-refractivity contribution in [3.05, 3.63) is 42.2 Å². The van der Waals surface area contributed by atoms with Crippen molar-refractivity contribution in [1.29, 1.82) is 0 Å². The number of benzene rings is 1. The van der Waals surface area contributed by atoms with Gasteiger partial charge in [-0.1, -0.05) is 0 Å². The summed E-state index contributed by atoms with van der Waals surface area (Å²) in [7, 11) is -3.68. The zero-order valence-corrected chi connectivity index (χ0v) is 10.5. The summed E-state index contributed by atoms with van der Waals surface area (Å²) in [5, 5.41) is 0. The molecule has 0 aliphatic rings. The SMILES string of the molecule is Cc1cc(S(=O)(=O)Nc2ncccn2)ccc1N. The monoisotopic (exact) mass is 264 g/mol. The molecule has 6 nitrogen and oxygen atoms in total. The topological polar surface area (TPSA) is 98.0 Å². The van der Waals surface area contributed by atoms with Crippen LogP contribution in [0.2, 0.25) is 0 Å². The second-order valence-electron chi connectivity index (χ2n) is 3.70. The highest BCUT2D eigenvalue weighted by molar-refractivity contribution is 7.92. The Morgan fingerprint density at radius 1 is 1.22 bits per heavy atom. The van der Waals surface area contributed by atoms with Gasteiger partial charge in [0.1, 0.15) is 0 Å². The summed E-state index contributed by atoms with van der Waals surface area (Å²) in [5.41, 5.74) is 6.89. The van der Waals surface area contributed by atoms with E-state index < -0.39 is 10.0 Å². The lowest BCUT2D eigenvalue weighted by atomic mass is 10.2. The maximum atomic E-state index is 12.0. The zero-order chi connectivity index (χ0) is 13.2. The number of hydrogen-bond donors (Lipinski definition) is 2. The van der Waals surface area contributed by atoms with Crippen molar-refractivity contribution >= 4 is 21.7 Å². The molecule has 0 aliphatic heterocycles. The van der Waals surface area contributed by atoms with Crippen LogP contribution in [0, 0.1) is 6.92 Å². The molecule has 0 atom stereocenters. The Morgan fingerprint density at radius 2 is 1.89 bits per heavy atom. The van der Waals surface area contributed by atoms with Crippen LogP contribution in [-0.2, 0) is 10.0 Å². The van der Waals surface area contributed by atoms with Crippen LogP contribution >= 0.6 is 0 Å². The Hall–Kier alpha value is -2.15. The predicted octanol–water partition coefficient (Wildman–Crippen LogP) is 1.17. The fourth-order valence-electron chi connectivity index (χ4n) is 1.35. The van der Waals surface area contributed by atoms with Gasteiger partial charge >= 0.3 is 0 Å². The largest absolute Gasteiger partial charge is 0.399 e. The molecule has 0 bridgehead atoms. The van der Waals surface area contributed by atoms with Crippen LogP contribution in [0.3, 0.4) is 0 Å². The molecule has 0 unspecified atom stereocenters. The first-order valence-electron chi connectivity index (χ1n) is 5.15. The van der Waals surface area contributed by atoms with Crippen LogP contribution in [0.4, 0.5) is 11.6 Å². The molecule has 0 amide bonds. The van der Waals surface area contributed by atoms with Crippen LogP contribution in [0.25, 0.3) is 0 Å². The molecule has 18 heavy (non-hydrogen) atoms. The van der Waals surface area contributed by atoms with E-state index in [1.165, 1.54) is 24.5 Å².